The predicted molar refractivity (Wildman–Crippen MR) is 141 cm³/mol. The lowest BCUT2D eigenvalue weighted by Gasteiger charge is -2.12. The number of aryl methyl sites for hydroxylation is 1. The van der Waals surface area contributed by atoms with Gasteiger partial charge in [-0.15, -0.1) is 0 Å². The van der Waals surface area contributed by atoms with Crippen LogP contribution in [0.5, 0.6) is 5.75 Å². The third-order valence-electron chi connectivity index (χ3n) is 4.30. The minimum absolute atomic E-state index is 0.00914. The lowest BCUT2D eigenvalue weighted by molar-refractivity contribution is -0.112. The molecular formula is C24H17ClI2N2O2. The van der Waals surface area contributed by atoms with Gasteiger partial charge < -0.3 is 10.1 Å². The van der Waals surface area contributed by atoms with Gasteiger partial charge in [-0.05, 0) is 106 Å². The molecule has 3 aromatic carbocycles. The number of rotatable bonds is 6. The van der Waals surface area contributed by atoms with Crippen molar-refractivity contribution in [2.75, 3.05) is 5.32 Å². The second-order valence-electron chi connectivity index (χ2n) is 6.72. The molecule has 0 saturated carbocycles. The van der Waals surface area contributed by atoms with Crippen LogP contribution in [0.15, 0.2) is 66.2 Å². The Morgan fingerprint density at radius 1 is 1.10 bits per heavy atom. The van der Waals surface area contributed by atoms with E-state index in [9.17, 15) is 10.1 Å². The van der Waals surface area contributed by atoms with E-state index < -0.39 is 5.91 Å². The molecule has 4 nitrogen and oxygen atoms in total. The van der Waals surface area contributed by atoms with Crippen LogP contribution in [0.4, 0.5) is 5.69 Å². The molecule has 0 aliphatic heterocycles. The first-order valence-electron chi connectivity index (χ1n) is 9.22. The maximum absolute atomic E-state index is 12.5. The number of nitrogens with zero attached hydrogens (tertiary/aromatic N) is 1. The Morgan fingerprint density at radius 2 is 1.71 bits per heavy atom. The number of benzene rings is 3. The highest BCUT2D eigenvalue weighted by molar-refractivity contribution is 14.1. The van der Waals surface area contributed by atoms with Crippen molar-refractivity contribution in [3.8, 4) is 11.8 Å². The molecule has 0 radical (unpaired) electrons. The molecule has 1 N–H and O–H groups in total. The summed E-state index contributed by atoms with van der Waals surface area (Å²) in [7, 11) is 0. The van der Waals surface area contributed by atoms with Crippen molar-refractivity contribution in [2.24, 2.45) is 0 Å². The Morgan fingerprint density at radius 3 is 2.29 bits per heavy atom. The van der Waals surface area contributed by atoms with Gasteiger partial charge in [0.25, 0.3) is 5.91 Å². The normalized spacial score (nSPS) is 11.0. The minimum Gasteiger partial charge on any atom is -0.487 e. The number of ether oxygens (including phenoxy) is 1. The number of halogens is 3. The standard InChI is InChI=1S/C24H17ClI2N2O2/c1-15-2-4-16(5-3-15)14-31-23-21(26)11-17(12-22(23)27)10-18(13-28)24(30)29-20-8-6-19(25)7-9-20/h2-12H,14H2,1H3,(H,29,30)/b18-10-. The summed E-state index contributed by atoms with van der Waals surface area (Å²) in [4.78, 5) is 12.5. The van der Waals surface area contributed by atoms with Crippen molar-refractivity contribution in [3.05, 3.63) is 95.1 Å². The molecule has 0 spiro atoms. The predicted octanol–water partition coefficient (Wildman–Crippen LogP) is 6.98. The van der Waals surface area contributed by atoms with Gasteiger partial charge in [0.15, 0.2) is 0 Å². The molecule has 31 heavy (non-hydrogen) atoms. The van der Waals surface area contributed by atoms with E-state index in [1.54, 1.807) is 30.3 Å². The van der Waals surface area contributed by atoms with Gasteiger partial charge in [0.2, 0.25) is 0 Å². The van der Waals surface area contributed by atoms with Gasteiger partial charge in [-0.2, -0.15) is 5.26 Å². The lowest BCUT2D eigenvalue weighted by Crippen LogP contribution is -2.13. The second kappa shape index (κ2) is 11.0. The summed E-state index contributed by atoms with van der Waals surface area (Å²) in [5.74, 6) is 0.303. The first-order valence-corrected chi connectivity index (χ1v) is 11.8. The number of carbonyl (C=O) groups is 1. The van der Waals surface area contributed by atoms with Crippen molar-refractivity contribution >= 4 is 74.5 Å². The number of carbonyl (C=O) groups excluding carboxylic acids is 1. The maximum Gasteiger partial charge on any atom is 0.266 e. The van der Waals surface area contributed by atoms with Crippen LogP contribution in [0.2, 0.25) is 5.02 Å². The van der Waals surface area contributed by atoms with Crippen LogP contribution in [-0.2, 0) is 11.4 Å². The number of hydrogen-bond acceptors (Lipinski definition) is 3. The molecule has 0 bridgehead atoms. The molecule has 156 valence electrons. The first-order chi connectivity index (χ1) is 14.9. The van der Waals surface area contributed by atoms with Crippen LogP contribution >= 0.6 is 56.8 Å². The zero-order valence-corrected chi connectivity index (χ0v) is 21.5. The molecular weight excluding hydrogens is 638 g/mol. The number of nitrogens with one attached hydrogen (secondary N) is 1. The van der Waals surface area contributed by atoms with E-state index in [0.717, 1.165) is 24.0 Å². The molecule has 0 aliphatic rings. The average molecular weight is 655 g/mol. The Kier molecular flexibility index (Phi) is 8.35. The van der Waals surface area contributed by atoms with Crippen LogP contribution in [0.1, 0.15) is 16.7 Å². The summed E-state index contributed by atoms with van der Waals surface area (Å²) < 4.78 is 7.83. The van der Waals surface area contributed by atoms with E-state index in [2.05, 4.69) is 62.6 Å². The summed E-state index contributed by atoms with van der Waals surface area (Å²) in [5.41, 5.74) is 3.62. The third-order valence-corrected chi connectivity index (χ3v) is 6.16. The second-order valence-corrected chi connectivity index (χ2v) is 9.48. The van der Waals surface area contributed by atoms with Crippen molar-refractivity contribution < 1.29 is 9.53 Å². The van der Waals surface area contributed by atoms with Gasteiger partial charge in [0.1, 0.15) is 24.0 Å². The molecule has 0 atom stereocenters. The molecule has 0 aliphatic carbocycles. The van der Waals surface area contributed by atoms with E-state index in [-0.39, 0.29) is 5.57 Å². The molecule has 0 fully saturated rings. The topological polar surface area (TPSA) is 62.1 Å². The number of hydrogen-bond donors (Lipinski definition) is 1. The molecule has 3 aromatic rings. The molecule has 0 heterocycles. The lowest BCUT2D eigenvalue weighted by atomic mass is 10.1. The summed E-state index contributed by atoms with van der Waals surface area (Å²) in [6.45, 7) is 2.52. The number of amides is 1. The Hall–Kier alpha value is -2.09. The van der Waals surface area contributed by atoms with E-state index in [1.165, 1.54) is 5.56 Å². The fourth-order valence-electron chi connectivity index (χ4n) is 2.69. The van der Waals surface area contributed by atoms with Crippen molar-refractivity contribution in [3.63, 3.8) is 0 Å². The zero-order chi connectivity index (χ0) is 22.4. The summed E-state index contributed by atoms with van der Waals surface area (Å²) in [6.07, 6.45) is 1.57. The number of anilines is 1. The Balaban J connectivity index is 1.76. The van der Waals surface area contributed by atoms with E-state index >= 15 is 0 Å². The highest BCUT2D eigenvalue weighted by Crippen LogP contribution is 2.30. The maximum atomic E-state index is 12.5. The summed E-state index contributed by atoms with van der Waals surface area (Å²) in [6, 6.07) is 20.7. The van der Waals surface area contributed by atoms with Crippen molar-refractivity contribution in [1.82, 2.24) is 0 Å². The van der Waals surface area contributed by atoms with Crippen molar-refractivity contribution in [1.29, 1.82) is 5.26 Å². The quantitative estimate of drug-likeness (QED) is 0.177. The molecule has 3 rings (SSSR count). The van der Waals surface area contributed by atoms with E-state index in [0.29, 0.717) is 17.3 Å². The van der Waals surface area contributed by atoms with E-state index in [4.69, 9.17) is 16.3 Å². The fourth-order valence-corrected chi connectivity index (χ4v) is 4.94. The van der Waals surface area contributed by atoms with Crippen LogP contribution < -0.4 is 10.1 Å². The largest absolute Gasteiger partial charge is 0.487 e. The Bertz CT molecular complexity index is 1140. The fraction of sp³-hybridized carbons (Fsp3) is 0.0833. The first kappa shape index (κ1) is 23.6. The zero-order valence-electron chi connectivity index (χ0n) is 16.5. The SMILES string of the molecule is Cc1ccc(COc2c(I)cc(/C=C(/C#N)C(=O)Nc3ccc(Cl)cc3)cc2I)cc1. The van der Waals surface area contributed by atoms with Gasteiger partial charge in [0.05, 0.1) is 7.14 Å². The van der Waals surface area contributed by atoms with Gasteiger partial charge in [-0.3, -0.25) is 4.79 Å². The molecule has 0 saturated heterocycles. The van der Waals surface area contributed by atoms with Crippen LogP contribution in [0.3, 0.4) is 0 Å². The monoisotopic (exact) mass is 654 g/mol. The molecule has 1 amide bonds. The highest BCUT2D eigenvalue weighted by Gasteiger charge is 2.13. The van der Waals surface area contributed by atoms with Crippen LogP contribution in [0.25, 0.3) is 6.08 Å². The van der Waals surface area contributed by atoms with Gasteiger partial charge >= 0.3 is 0 Å². The molecule has 7 heteroatoms. The smallest absolute Gasteiger partial charge is 0.266 e. The summed E-state index contributed by atoms with van der Waals surface area (Å²) in [5, 5.41) is 12.8. The van der Waals surface area contributed by atoms with E-state index in [1.807, 2.05) is 37.3 Å². The Labute approximate surface area is 213 Å². The minimum atomic E-state index is -0.477. The van der Waals surface area contributed by atoms with Gasteiger partial charge in [-0.1, -0.05) is 41.4 Å². The average Bonchev–Trinajstić information content (AvgIpc) is 2.74. The third kappa shape index (κ3) is 6.69. The summed E-state index contributed by atoms with van der Waals surface area (Å²) >= 11 is 10.3. The van der Waals surface area contributed by atoms with Crippen LogP contribution in [-0.4, -0.2) is 5.91 Å². The molecule has 0 aromatic heterocycles. The number of nitriles is 1. The van der Waals surface area contributed by atoms with Gasteiger partial charge in [-0.25, -0.2) is 0 Å². The molecule has 0 unspecified atom stereocenters. The van der Waals surface area contributed by atoms with Gasteiger partial charge in [0, 0.05) is 10.7 Å². The highest BCUT2D eigenvalue weighted by atomic mass is 127. The van der Waals surface area contributed by atoms with Crippen LogP contribution in [0, 0.1) is 25.4 Å². The van der Waals surface area contributed by atoms with Crippen molar-refractivity contribution in [2.45, 2.75) is 13.5 Å².